The number of hydrogen-bond donors (Lipinski definition) is 1. The lowest BCUT2D eigenvalue weighted by atomic mass is 10.2. The number of rotatable bonds is 8. The highest BCUT2D eigenvalue weighted by Crippen LogP contribution is 2.38. The van der Waals surface area contributed by atoms with Gasteiger partial charge in [-0.1, -0.05) is 13.0 Å². The SMILES string of the molecule is CCCN(CC(=O)Nc1cc2c(cc1Br)OCCO2)Cc1nnc(-c2cccs2)o1. The van der Waals surface area contributed by atoms with Crippen LogP contribution in [0.2, 0.25) is 0 Å². The Morgan fingerprint density at radius 3 is 2.80 bits per heavy atom. The second-order valence-corrected chi connectivity index (χ2v) is 8.51. The number of anilines is 1. The molecule has 0 saturated heterocycles. The first kappa shape index (κ1) is 20.8. The fourth-order valence-electron chi connectivity index (χ4n) is 3.09. The fourth-order valence-corrected chi connectivity index (χ4v) is 4.16. The van der Waals surface area contributed by atoms with E-state index in [1.54, 1.807) is 23.5 Å². The Balaban J connectivity index is 1.40. The van der Waals surface area contributed by atoms with Crippen molar-refractivity contribution in [1.82, 2.24) is 15.1 Å². The Kier molecular flexibility index (Phi) is 6.66. The summed E-state index contributed by atoms with van der Waals surface area (Å²) in [7, 11) is 0. The minimum atomic E-state index is -0.140. The number of thiophene rings is 1. The Bertz CT molecular complexity index is 1010. The van der Waals surface area contributed by atoms with Crippen molar-refractivity contribution in [2.24, 2.45) is 0 Å². The number of nitrogens with zero attached hydrogens (tertiary/aromatic N) is 3. The molecule has 1 N–H and O–H groups in total. The highest BCUT2D eigenvalue weighted by atomic mass is 79.9. The number of nitrogens with one attached hydrogen (secondary N) is 1. The van der Waals surface area contributed by atoms with Crippen molar-refractivity contribution in [3.8, 4) is 22.3 Å². The van der Waals surface area contributed by atoms with Crippen LogP contribution in [0.1, 0.15) is 19.2 Å². The van der Waals surface area contributed by atoms with Crippen LogP contribution in [-0.2, 0) is 11.3 Å². The van der Waals surface area contributed by atoms with Crippen LogP contribution in [0.4, 0.5) is 5.69 Å². The summed E-state index contributed by atoms with van der Waals surface area (Å²) in [6.07, 6.45) is 0.896. The van der Waals surface area contributed by atoms with Gasteiger partial charge in [-0.05, 0) is 40.3 Å². The molecular weight excluding hydrogens is 472 g/mol. The number of halogens is 1. The molecule has 0 unspecified atom stereocenters. The molecule has 4 rings (SSSR count). The predicted molar refractivity (Wildman–Crippen MR) is 117 cm³/mol. The van der Waals surface area contributed by atoms with Crippen LogP contribution in [0, 0.1) is 0 Å². The molecule has 0 radical (unpaired) electrons. The summed E-state index contributed by atoms with van der Waals surface area (Å²) >= 11 is 5.02. The van der Waals surface area contributed by atoms with Crippen LogP contribution in [0.3, 0.4) is 0 Å². The number of ether oxygens (including phenoxy) is 2. The second kappa shape index (κ2) is 9.59. The molecule has 0 saturated carbocycles. The monoisotopic (exact) mass is 492 g/mol. The van der Waals surface area contributed by atoms with Gasteiger partial charge in [0.15, 0.2) is 11.5 Å². The molecule has 1 amide bonds. The van der Waals surface area contributed by atoms with Crippen molar-refractivity contribution >= 4 is 38.9 Å². The van der Waals surface area contributed by atoms with Gasteiger partial charge < -0.3 is 19.2 Å². The lowest BCUT2D eigenvalue weighted by Crippen LogP contribution is -2.33. The van der Waals surface area contributed by atoms with E-state index in [0.717, 1.165) is 22.3 Å². The third-order valence-corrected chi connectivity index (χ3v) is 5.88. The molecule has 0 spiro atoms. The summed E-state index contributed by atoms with van der Waals surface area (Å²) in [6, 6.07) is 7.45. The first-order valence-corrected chi connectivity index (χ1v) is 11.3. The maximum absolute atomic E-state index is 12.7. The standard InChI is InChI=1S/C20H21BrN4O4S/c1-2-5-25(12-19-23-24-20(29-19)17-4-3-8-30-17)11-18(26)22-14-10-16-15(9-13(14)21)27-6-7-28-16/h3-4,8-10H,2,5-7,11-12H2,1H3,(H,22,26). The first-order chi connectivity index (χ1) is 14.6. The van der Waals surface area contributed by atoms with E-state index in [-0.39, 0.29) is 12.5 Å². The molecule has 3 heterocycles. The second-order valence-electron chi connectivity index (χ2n) is 6.71. The molecule has 158 valence electrons. The highest BCUT2D eigenvalue weighted by molar-refractivity contribution is 9.10. The number of amides is 1. The van der Waals surface area contributed by atoms with E-state index in [0.29, 0.717) is 48.7 Å². The predicted octanol–water partition coefficient (Wildman–Crippen LogP) is 4.18. The van der Waals surface area contributed by atoms with Gasteiger partial charge in [-0.3, -0.25) is 9.69 Å². The number of benzene rings is 1. The number of fused-ring (bicyclic) bond motifs is 1. The van der Waals surface area contributed by atoms with Crippen molar-refractivity contribution < 1.29 is 18.7 Å². The van der Waals surface area contributed by atoms with Gasteiger partial charge in [0.2, 0.25) is 11.8 Å². The van der Waals surface area contributed by atoms with Gasteiger partial charge >= 0.3 is 0 Å². The third-order valence-electron chi connectivity index (χ3n) is 4.37. The molecule has 3 aromatic rings. The minimum absolute atomic E-state index is 0.140. The van der Waals surface area contributed by atoms with E-state index >= 15 is 0 Å². The van der Waals surface area contributed by atoms with Gasteiger partial charge in [0, 0.05) is 16.6 Å². The van der Waals surface area contributed by atoms with Gasteiger partial charge in [0.05, 0.1) is 23.7 Å². The van der Waals surface area contributed by atoms with E-state index in [2.05, 4.69) is 38.4 Å². The fraction of sp³-hybridized carbons (Fsp3) is 0.350. The number of hydrogen-bond acceptors (Lipinski definition) is 8. The van der Waals surface area contributed by atoms with Crippen LogP contribution in [0.25, 0.3) is 10.8 Å². The van der Waals surface area contributed by atoms with E-state index < -0.39 is 0 Å². The molecule has 0 fully saturated rings. The van der Waals surface area contributed by atoms with Gasteiger partial charge in [0.25, 0.3) is 5.89 Å². The minimum Gasteiger partial charge on any atom is -0.486 e. The van der Waals surface area contributed by atoms with Crippen molar-refractivity contribution in [3.05, 3.63) is 40.0 Å². The Morgan fingerprint density at radius 1 is 1.27 bits per heavy atom. The molecule has 8 nitrogen and oxygen atoms in total. The number of aromatic nitrogens is 2. The average molecular weight is 493 g/mol. The van der Waals surface area contributed by atoms with Crippen LogP contribution in [-0.4, -0.2) is 47.3 Å². The Labute approximate surface area is 186 Å². The van der Waals surface area contributed by atoms with E-state index in [9.17, 15) is 4.79 Å². The summed E-state index contributed by atoms with van der Waals surface area (Å²) in [5.74, 6) is 2.13. The molecule has 10 heteroatoms. The third kappa shape index (κ3) is 5.00. The zero-order valence-electron chi connectivity index (χ0n) is 16.4. The molecule has 1 aromatic carbocycles. The Morgan fingerprint density at radius 2 is 2.07 bits per heavy atom. The highest BCUT2D eigenvalue weighted by Gasteiger charge is 2.19. The zero-order chi connectivity index (χ0) is 20.9. The lowest BCUT2D eigenvalue weighted by Gasteiger charge is -2.21. The van der Waals surface area contributed by atoms with Crippen molar-refractivity contribution in [3.63, 3.8) is 0 Å². The van der Waals surface area contributed by atoms with Gasteiger partial charge in [-0.15, -0.1) is 21.5 Å². The zero-order valence-corrected chi connectivity index (χ0v) is 18.8. The summed E-state index contributed by atoms with van der Waals surface area (Å²) < 4.78 is 17.7. The van der Waals surface area contributed by atoms with Crippen LogP contribution < -0.4 is 14.8 Å². The Hall–Kier alpha value is -2.43. The maximum Gasteiger partial charge on any atom is 0.257 e. The largest absolute Gasteiger partial charge is 0.486 e. The summed E-state index contributed by atoms with van der Waals surface area (Å²) in [4.78, 5) is 15.6. The van der Waals surface area contributed by atoms with Gasteiger partial charge in [-0.2, -0.15) is 0 Å². The molecular formula is C20H21BrN4O4S. The molecule has 1 aliphatic rings. The van der Waals surface area contributed by atoms with Crippen molar-refractivity contribution in [2.45, 2.75) is 19.9 Å². The first-order valence-electron chi connectivity index (χ1n) is 9.60. The maximum atomic E-state index is 12.7. The molecule has 0 atom stereocenters. The smallest absolute Gasteiger partial charge is 0.257 e. The number of carbonyl (C=O) groups is 1. The average Bonchev–Trinajstić information content (AvgIpc) is 3.40. The van der Waals surface area contributed by atoms with Crippen LogP contribution in [0.15, 0.2) is 38.5 Å². The quantitative estimate of drug-likeness (QED) is 0.504. The summed E-state index contributed by atoms with van der Waals surface area (Å²) in [6.45, 7) is 4.40. The normalized spacial score (nSPS) is 12.9. The summed E-state index contributed by atoms with van der Waals surface area (Å²) in [5, 5.41) is 13.1. The summed E-state index contributed by atoms with van der Waals surface area (Å²) in [5.41, 5.74) is 0.637. The topological polar surface area (TPSA) is 89.7 Å². The van der Waals surface area contributed by atoms with Gasteiger partial charge in [0.1, 0.15) is 13.2 Å². The molecule has 1 aliphatic heterocycles. The van der Waals surface area contributed by atoms with E-state index in [1.807, 2.05) is 22.4 Å². The van der Waals surface area contributed by atoms with Gasteiger partial charge in [-0.25, -0.2) is 0 Å². The molecule has 0 aliphatic carbocycles. The van der Waals surface area contributed by atoms with Crippen molar-refractivity contribution in [1.29, 1.82) is 0 Å². The van der Waals surface area contributed by atoms with Crippen molar-refractivity contribution in [2.75, 3.05) is 31.6 Å². The molecule has 0 bridgehead atoms. The lowest BCUT2D eigenvalue weighted by molar-refractivity contribution is -0.117. The number of carbonyl (C=O) groups excluding carboxylic acids is 1. The van der Waals surface area contributed by atoms with E-state index in [4.69, 9.17) is 13.9 Å². The molecule has 30 heavy (non-hydrogen) atoms. The van der Waals surface area contributed by atoms with E-state index in [1.165, 1.54) is 0 Å². The molecule has 2 aromatic heterocycles. The van der Waals surface area contributed by atoms with Crippen LogP contribution in [0.5, 0.6) is 11.5 Å². The van der Waals surface area contributed by atoms with Crippen LogP contribution >= 0.6 is 27.3 Å².